The van der Waals surface area contributed by atoms with E-state index in [0.29, 0.717) is 17.1 Å². The second-order valence-electron chi connectivity index (χ2n) is 8.19. The summed E-state index contributed by atoms with van der Waals surface area (Å²) in [6, 6.07) is 21.7. The number of para-hydroxylation sites is 1. The van der Waals surface area contributed by atoms with Crippen LogP contribution in [0.5, 0.6) is 0 Å². The van der Waals surface area contributed by atoms with Gasteiger partial charge in [0.2, 0.25) is 15.9 Å². The molecule has 5 rings (SSSR count). The van der Waals surface area contributed by atoms with Gasteiger partial charge in [-0.2, -0.15) is 0 Å². The number of amides is 2. The normalized spacial score (nSPS) is 21.5. The van der Waals surface area contributed by atoms with E-state index in [4.69, 9.17) is 11.6 Å². The number of nitrogens with one attached hydrogen (secondary N) is 1. The molecule has 2 atom stereocenters. The van der Waals surface area contributed by atoms with Crippen LogP contribution in [0.15, 0.2) is 72.8 Å². The monoisotopic (exact) mass is 466 g/mol. The molecule has 3 aromatic carbocycles. The Kier molecular flexibility index (Phi) is 4.65. The topological polar surface area (TPSA) is 83.6 Å². The van der Waals surface area contributed by atoms with Gasteiger partial charge in [-0.25, -0.2) is 13.1 Å². The fraction of sp³-hybridized carbons (Fsp3) is 0.167. The number of hydrogen-bond acceptors (Lipinski definition) is 4. The van der Waals surface area contributed by atoms with Crippen molar-refractivity contribution in [3.63, 3.8) is 0 Å². The van der Waals surface area contributed by atoms with Crippen LogP contribution in [-0.4, -0.2) is 26.5 Å². The minimum atomic E-state index is -3.70. The molecule has 0 unspecified atom stereocenters. The first kappa shape index (κ1) is 20.7. The SMILES string of the molecule is CS(=O)(=O)NC(=O)c1cccc(N2C(=O)[C@]3(C[C@@H]3c3ccc(Cl)cc3)c3ccccc32)c1. The van der Waals surface area contributed by atoms with Gasteiger partial charge in [0, 0.05) is 22.2 Å². The number of benzene rings is 3. The predicted molar refractivity (Wildman–Crippen MR) is 123 cm³/mol. The lowest BCUT2D eigenvalue weighted by Gasteiger charge is -2.19. The summed E-state index contributed by atoms with van der Waals surface area (Å²) in [5, 5.41) is 0.646. The molecular weight excluding hydrogens is 448 g/mol. The number of sulfonamides is 1. The maximum Gasteiger partial charge on any atom is 0.264 e. The molecule has 32 heavy (non-hydrogen) atoms. The fourth-order valence-electron chi connectivity index (χ4n) is 4.63. The molecule has 0 aromatic heterocycles. The Morgan fingerprint density at radius 2 is 1.78 bits per heavy atom. The maximum absolute atomic E-state index is 13.8. The van der Waals surface area contributed by atoms with Gasteiger partial charge in [-0.1, -0.05) is 48.0 Å². The largest absolute Gasteiger partial charge is 0.280 e. The van der Waals surface area contributed by atoms with Crippen LogP contribution in [0.4, 0.5) is 11.4 Å². The molecule has 0 saturated heterocycles. The second-order valence-corrected chi connectivity index (χ2v) is 10.4. The average molecular weight is 467 g/mol. The molecule has 8 heteroatoms. The quantitative estimate of drug-likeness (QED) is 0.626. The van der Waals surface area contributed by atoms with E-state index >= 15 is 0 Å². The third-order valence-corrected chi connectivity index (χ3v) is 6.90. The number of fused-ring (bicyclic) bond motifs is 2. The first-order valence-corrected chi connectivity index (χ1v) is 12.3. The van der Waals surface area contributed by atoms with Gasteiger partial charge in [0.1, 0.15) is 0 Å². The Morgan fingerprint density at radius 1 is 1.06 bits per heavy atom. The van der Waals surface area contributed by atoms with E-state index in [1.807, 2.05) is 53.3 Å². The molecule has 1 spiro atoms. The van der Waals surface area contributed by atoms with Crippen molar-refractivity contribution in [2.45, 2.75) is 17.8 Å². The van der Waals surface area contributed by atoms with Crippen molar-refractivity contribution in [2.24, 2.45) is 0 Å². The van der Waals surface area contributed by atoms with E-state index in [2.05, 4.69) is 0 Å². The summed E-state index contributed by atoms with van der Waals surface area (Å²) in [4.78, 5) is 27.8. The van der Waals surface area contributed by atoms with Crippen LogP contribution in [0, 0.1) is 0 Å². The molecule has 1 aliphatic carbocycles. The molecule has 162 valence electrons. The predicted octanol–water partition coefficient (Wildman–Crippen LogP) is 4.13. The van der Waals surface area contributed by atoms with Crippen molar-refractivity contribution in [2.75, 3.05) is 11.2 Å². The Labute approximate surface area is 190 Å². The van der Waals surface area contributed by atoms with Gasteiger partial charge in [0.25, 0.3) is 5.91 Å². The minimum absolute atomic E-state index is 0.0372. The molecule has 0 radical (unpaired) electrons. The molecule has 1 saturated carbocycles. The smallest absolute Gasteiger partial charge is 0.264 e. The van der Waals surface area contributed by atoms with Gasteiger partial charge in [-0.15, -0.1) is 0 Å². The lowest BCUT2D eigenvalue weighted by molar-refractivity contribution is -0.119. The summed E-state index contributed by atoms with van der Waals surface area (Å²) in [6.45, 7) is 0. The number of rotatable bonds is 4. The second kappa shape index (κ2) is 7.18. The van der Waals surface area contributed by atoms with Crippen LogP contribution < -0.4 is 9.62 Å². The summed E-state index contributed by atoms with van der Waals surface area (Å²) in [5.74, 6) is -0.760. The van der Waals surface area contributed by atoms with Crippen molar-refractivity contribution < 1.29 is 18.0 Å². The number of hydrogen-bond donors (Lipinski definition) is 1. The van der Waals surface area contributed by atoms with Crippen molar-refractivity contribution >= 4 is 44.8 Å². The lowest BCUT2D eigenvalue weighted by atomic mass is 9.92. The number of anilines is 2. The van der Waals surface area contributed by atoms with E-state index < -0.39 is 21.3 Å². The highest BCUT2D eigenvalue weighted by atomic mass is 35.5. The number of carbonyl (C=O) groups is 2. The molecule has 1 aliphatic heterocycles. The van der Waals surface area contributed by atoms with Crippen LogP contribution in [-0.2, 0) is 20.2 Å². The van der Waals surface area contributed by atoms with Crippen LogP contribution >= 0.6 is 11.6 Å². The van der Waals surface area contributed by atoms with Crippen molar-refractivity contribution in [1.29, 1.82) is 0 Å². The van der Waals surface area contributed by atoms with E-state index in [-0.39, 0.29) is 17.4 Å². The zero-order valence-electron chi connectivity index (χ0n) is 17.1. The van der Waals surface area contributed by atoms with E-state index in [9.17, 15) is 18.0 Å². The van der Waals surface area contributed by atoms with Crippen LogP contribution in [0.2, 0.25) is 5.02 Å². The van der Waals surface area contributed by atoms with Gasteiger partial charge < -0.3 is 0 Å². The van der Waals surface area contributed by atoms with Crippen LogP contribution in [0.3, 0.4) is 0 Å². The van der Waals surface area contributed by atoms with Crippen molar-refractivity contribution in [3.8, 4) is 0 Å². The molecule has 6 nitrogen and oxygen atoms in total. The Morgan fingerprint density at radius 3 is 2.50 bits per heavy atom. The summed E-state index contributed by atoms with van der Waals surface area (Å²) >= 11 is 6.04. The highest BCUT2D eigenvalue weighted by molar-refractivity contribution is 7.89. The fourth-order valence-corrected chi connectivity index (χ4v) is 5.22. The minimum Gasteiger partial charge on any atom is -0.280 e. The molecule has 3 aromatic rings. The lowest BCUT2D eigenvalue weighted by Crippen LogP contribution is -2.31. The van der Waals surface area contributed by atoms with Crippen molar-refractivity contribution in [3.05, 3.63) is 94.5 Å². The van der Waals surface area contributed by atoms with Crippen LogP contribution in [0.25, 0.3) is 0 Å². The highest BCUT2D eigenvalue weighted by Crippen LogP contribution is 2.67. The van der Waals surface area contributed by atoms with Crippen LogP contribution in [0.1, 0.15) is 33.8 Å². The molecule has 1 fully saturated rings. The van der Waals surface area contributed by atoms with E-state index in [0.717, 1.165) is 23.1 Å². The first-order chi connectivity index (χ1) is 15.2. The van der Waals surface area contributed by atoms with Gasteiger partial charge in [0.05, 0.1) is 17.4 Å². The Bertz CT molecular complexity index is 1370. The van der Waals surface area contributed by atoms with Gasteiger partial charge in [0.15, 0.2) is 0 Å². The number of nitrogens with zero attached hydrogens (tertiary/aromatic N) is 1. The van der Waals surface area contributed by atoms with Crippen molar-refractivity contribution in [1.82, 2.24) is 4.72 Å². The van der Waals surface area contributed by atoms with Gasteiger partial charge in [-0.05, 0) is 53.9 Å². The molecule has 2 aliphatic rings. The molecule has 0 bridgehead atoms. The molecular formula is C24H19ClN2O4S. The average Bonchev–Trinajstić information content (AvgIpc) is 3.45. The third-order valence-electron chi connectivity index (χ3n) is 6.09. The molecule has 2 amide bonds. The standard InChI is InChI=1S/C24H19ClN2O4S/c1-32(30,31)26-22(28)16-5-4-6-18(13-16)27-21-8-3-2-7-19(21)24(23(27)29)14-20(24)15-9-11-17(25)12-10-15/h2-13,20H,14H2,1H3,(H,26,28)/t20-,24-/m1/s1. The maximum atomic E-state index is 13.8. The number of carbonyl (C=O) groups excluding carboxylic acids is 2. The Hall–Kier alpha value is -3.16. The summed E-state index contributed by atoms with van der Waals surface area (Å²) in [7, 11) is -3.70. The molecule has 1 heterocycles. The zero-order chi connectivity index (χ0) is 22.7. The van der Waals surface area contributed by atoms with Gasteiger partial charge >= 0.3 is 0 Å². The zero-order valence-corrected chi connectivity index (χ0v) is 18.7. The number of halogens is 1. The third kappa shape index (κ3) is 3.29. The highest BCUT2D eigenvalue weighted by Gasteiger charge is 2.67. The summed E-state index contributed by atoms with van der Waals surface area (Å²) in [6.07, 6.45) is 1.61. The first-order valence-electron chi connectivity index (χ1n) is 10.0. The molecule has 1 N–H and O–H groups in total. The Balaban J connectivity index is 1.55. The van der Waals surface area contributed by atoms with Gasteiger partial charge in [-0.3, -0.25) is 14.5 Å². The summed E-state index contributed by atoms with van der Waals surface area (Å²) < 4.78 is 24.9. The van der Waals surface area contributed by atoms with E-state index in [1.54, 1.807) is 17.0 Å². The summed E-state index contributed by atoms with van der Waals surface area (Å²) in [5.41, 5.74) is 2.80. The van der Waals surface area contributed by atoms with E-state index in [1.165, 1.54) is 12.1 Å².